The number of aryl methyl sites for hydroxylation is 1. The monoisotopic (exact) mass is 248 g/mol. The van der Waals surface area contributed by atoms with Gasteiger partial charge >= 0.3 is 0 Å². The van der Waals surface area contributed by atoms with Crippen LogP contribution in [0.4, 0.5) is 0 Å². The molecule has 1 aromatic heterocycles. The van der Waals surface area contributed by atoms with Crippen molar-refractivity contribution < 1.29 is 14.9 Å². The Bertz CT molecular complexity index is 507. The number of aromatic nitrogens is 2. The van der Waals surface area contributed by atoms with Crippen LogP contribution in [0.15, 0.2) is 36.7 Å². The summed E-state index contributed by atoms with van der Waals surface area (Å²) in [6.45, 7) is 0. The minimum Gasteiger partial charge on any atom is -0.497 e. The molecule has 0 spiro atoms. The molecule has 2 rings (SSSR count). The fourth-order valence-corrected chi connectivity index (χ4v) is 1.79. The van der Waals surface area contributed by atoms with Gasteiger partial charge in [-0.05, 0) is 17.7 Å². The van der Waals surface area contributed by atoms with Gasteiger partial charge in [-0.1, -0.05) is 12.1 Å². The molecule has 0 aliphatic carbocycles. The average molecular weight is 248 g/mol. The first kappa shape index (κ1) is 12.6. The highest BCUT2D eigenvalue weighted by Gasteiger charge is 2.23. The summed E-state index contributed by atoms with van der Waals surface area (Å²) < 4.78 is 6.72. The fourth-order valence-electron chi connectivity index (χ4n) is 1.79. The maximum absolute atomic E-state index is 10.1. The van der Waals surface area contributed by atoms with E-state index in [0.717, 1.165) is 0 Å². The van der Waals surface area contributed by atoms with Crippen molar-refractivity contribution in [3.05, 3.63) is 48.0 Å². The molecule has 1 aromatic carbocycles. The van der Waals surface area contributed by atoms with Crippen LogP contribution in [0.25, 0.3) is 0 Å². The maximum Gasteiger partial charge on any atom is 0.142 e. The molecule has 2 N–H and O–H groups in total. The topological polar surface area (TPSA) is 67.5 Å². The summed E-state index contributed by atoms with van der Waals surface area (Å²) in [6, 6.07) is 6.92. The highest BCUT2D eigenvalue weighted by atomic mass is 16.5. The second-order valence-electron chi connectivity index (χ2n) is 4.06. The van der Waals surface area contributed by atoms with Crippen LogP contribution in [0.3, 0.4) is 0 Å². The van der Waals surface area contributed by atoms with E-state index in [0.29, 0.717) is 17.1 Å². The van der Waals surface area contributed by atoms with Gasteiger partial charge in [0.15, 0.2) is 0 Å². The molecule has 0 fully saturated rings. The Balaban J connectivity index is 2.20. The standard InChI is InChI=1S/C13H16N2O3/c1-15-8-7-14-13(15)12(17)11(16)9-3-5-10(18-2)6-4-9/h3-8,11-12,16-17H,1-2H3. The zero-order valence-corrected chi connectivity index (χ0v) is 10.3. The molecule has 0 saturated carbocycles. The van der Waals surface area contributed by atoms with Crippen molar-refractivity contribution in [2.45, 2.75) is 12.2 Å². The van der Waals surface area contributed by atoms with Crippen LogP contribution in [0, 0.1) is 0 Å². The SMILES string of the molecule is COc1ccc(C(O)C(O)c2nccn2C)cc1. The lowest BCUT2D eigenvalue weighted by atomic mass is 10.0. The maximum atomic E-state index is 10.1. The van der Waals surface area contributed by atoms with Crippen molar-refractivity contribution in [2.75, 3.05) is 7.11 Å². The minimum atomic E-state index is -1.06. The smallest absolute Gasteiger partial charge is 0.142 e. The lowest BCUT2D eigenvalue weighted by Crippen LogP contribution is -2.14. The summed E-state index contributed by atoms with van der Waals surface area (Å²) in [5.74, 6) is 1.13. The molecule has 2 unspecified atom stereocenters. The van der Waals surface area contributed by atoms with E-state index in [9.17, 15) is 10.2 Å². The van der Waals surface area contributed by atoms with Gasteiger partial charge in [0.1, 0.15) is 23.8 Å². The van der Waals surface area contributed by atoms with Crippen LogP contribution in [-0.2, 0) is 7.05 Å². The highest BCUT2D eigenvalue weighted by Crippen LogP contribution is 2.28. The second-order valence-corrected chi connectivity index (χ2v) is 4.06. The van der Waals surface area contributed by atoms with E-state index in [1.54, 1.807) is 55.4 Å². The summed E-state index contributed by atoms with van der Waals surface area (Å²) >= 11 is 0. The van der Waals surface area contributed by atoms with Gasteiger partial charge in [0.05, 0.1) is 7.11 Å². The van der Waals surface area contributed by atoms with Gasteiger partial charge < -0.3 is 19.5 Å². The van der Waals surface area contributed by atoms with Crippen LogP contribution in [-0.4, -0.2) is 26.9 Å². The third-order valence-corrected chi connectivity index (χ3v) is 2.88. The number of ether oxygens (including phenoxy) is 1. The lowest BCUT2D eigenvalue weighted by Gasteiger charge is -2.18. The van der Waals surface area contributed by atoms with Crippen LogP contribution in [0.5, 0.6) is 5.75 Å². The number of hydrogen-bond donors (Lipinski definition) is 2. The number of methoxy groups -OCH3 is 1. The number of imidazole rings is 1. The van der Waals surface area contributed by atoms with Gasteiger partial charge in [0.2, 0.25) is 0 Å². The predicted molar refractivity (Wildman–Crippen MR) is 66.1 cm³/mol. The summed E-state index contributed by atoms with van der Waals surface area (Å²) in [4.78, 5) is 4.02. The average Bonchev–Trinajstić information content (AvgIpc) is 2.83. The normalized spacial score (nSPS) is 14.2. The molecule has 0 radical (unpaired) electrons. The fraction of sp³-hybridized carbons (Fsp3) is 0.308. The molecule has 18 heavy (non-hydrogen) atoms. The molecule has 0 amide bonds. The summed E-state index contributed by atoms with van der Waals surface area (Å²) in [6.07, 6.45) is 1.23. The Labute approximate surface area is 105 Å². The molecule has 1 heterocycles. The van der Waals surface area contributed by atoms with Crippen LogP contribution >= 0.6 is 0 Å². The van der Waals surface area contributed by atoms with Crippen molar-refractivity contribution >= 4 is 0 Å². The van der Waals surface area contributed by atoms with Crippen molar-refractivity contribution in [1.29, 1.82) is 0 Å². The van der Waals surface area contributed by atoms with Crippen molar-refractivity contribution in [3.63, 3.8) is 0 Å². The molecule has 0 aliphatic heterocycles. The Morgan fingerprint density at radius 2 is 1.83 bits per heavy atom. The van der Waals surface area contributed by atoms with E-state index in [-0.39, 0.29) is 0 Å². The Kier molecular flexibility index (Phi) is 3.64. The van der Waals surface area contributed by atoms with Gasteiger partial charge in [-0.2, -0.15) is 0 Å². The van der Waals surface area contributed by atoms with Crippen LogP contribution in [0.1, 0.15) is 23.6 Å². The quantitative estimate of drug-likeness (QED) is 0.853. The number of benzene rings is 1. The van der Waals surface area contributed by atoms with E-state index in [1.807, 2.05) is 0 Å². The summed E-state index contributed by atoms with van der Waals surface area (Å²) in [5, 5.41) is 20.2. The first-order chi connectivity index (χ1) is 8.63. The Hall–Kier alpha value is -1.85. The molecule has 0 aliphatic rings. The Morgan fingerprint density at radius 3 is 2.33 bits per heavy atom. The number of hydrogen-bond acceptors (Lipinski definition) is 4. The molecule has 2 atom stereocenters. The molecule has 5 heteroatoms. The zero-order chi connectivity index (χ0) is 13.1. The summed E-state index contributed by atoms with van der Waals surface area (Å²) in [5.41, 5.74) is 0.617. The van der Waals surface area contributed by atoms with E-state index in [4.69, 9.17) is 4.74 Å². The first-order valence-corrected chi connectivity index (χ1v) is 5.60. The van der Waals surface area contributed by atoms with Gasteiger partial charge in [-0.25, -0.2) is 4.98 Å². The largest absolute Gasteiger partial charge is 0.497 e. The van der Waals surface area contributed by atoms with E-state index in [2.05, 4.69) is 4.98 Å². The molecule has 0 saturated heterocycles. The third-order valence-electron chi connectivity index (χ3n) is 2.88. The predicted octanol–water partition coefficient (Wildman–Crippen LogP) is 1.20. The van der Waals surface area contributed by atoms with Crippen LogP contribution in [0.2, 0.25) is 0 Å². The molecule has 96 valence electrons. The highest BCUT2D eigenvalue weighted by molar-refractivity contribution is 5.29. The third kappa shape index (κ3) is 2.37. The molecule has 2 aromatic rings. The van der Waals surface area contributed by atoms with E-state index >= 15 is 0 Å². The number of aliphatic hydroxyl groups excluding tert-OH is 2. The lowest BCUT2D eigenvalue weighted by molar-refractivity contribution is 0.0102. The van der Waals surface area contributed by atoms with Gasteiger partial charge in [-0.15, -0.1) is 0 Å². The van der Waals surface area contributed by atoms with Gasteiger partial charge in [-0.3, -0.25) is 0 Å². The van der Waals surface area contributed by atoms with Crippen molar-refractivity contribution in [2.24, 2.45) is 7.05 Å². The molecular weight excluding hydrogens is 232 g/mol. The minimum absolute atomic E-state index is 0.429. The number of rotatable bonds is 4. The first-order valence-electron chi connectivity index (χ1n) is 5.60. The van der Waals surface area contributed by atoms with Crippen molar-refractivity contribution in [3.8, 4) is 5.75 Å². The van der Waals surface area contributed by atoms with E-state index < -0.39 is 12.2 Å². The molecule has 0 bridgehead atoms. The molecule has 5 nitrogen and oxygen atoms in total. The summed E-state index contributed by atoms with van der Waals surface area (Å²) in [7, 11) is 3.35. The second kappa shape index (κ2) is 5.20. The van der Waals surface area contributed by atoms with E-state index in [1.165, 1.54) is 0 Å². The van der Waals surface area contributed by atoms with Gasteiger partial charge in [0, 0.05) is 19.4 Å². The Morgan fingerprint density at radius 1 is 1.17 bits per heavy atom. The van der Waals surface area contributed by atoms with Gasteiger partial charge in [0.25, 0.3) is 0 Å². The van der Waals surface area contributed by atoms with Crippen molar-refractivity contribution in [1.82, 2.24) is 9.55 Å². The number of nitrogens with zero attached hydrogens (tertiary/aromatic N) is 2. The van der Waals surface area contributed by atoms with Crippen LogP contribution < -0.4 is 4.74 Å². The zero-order valence-electron chi connectivity index (χ0n) is 10.3. The number of aliphatic hydroxyl groups is 2. The molecular formula is C13H16N2O3.